The van der Waals surface area contributed by atoms with Crippen LogP contribution < -0.4 is 4.74 Å². The highest BCUT2D eigenvalue weighted by atomic mass is 16.6. The molecule has 0 radical (unpaired) electrons. The van der Waals surface area contributed by atoms with Crippen LogP contribution in [0.15, 0.2) is 42.7 Å². The number of hydrogen-bond acceptors (Lipinski definition) is 5. The van der Waals surface area contributed by atoms with Crippen molar-refractivity contribution in [2.75, 3.05) is 0 Å². The maximum Gasteiger partial charge on any atom is 0.311 e. The number of hydrogen-bond donors (Lipinski definition) is 0. The van der Waals surface area contributed by atoms with Crippen LogP contribution in [-0.2, 0) is 6.61 Å². The zero-order valence-corrected chi connectivity index (χ0v) is 9.85. The average Bonchev–Trinajstić information content (AvgIpc) is 2.46. The molecule has 0 N–H and O–H groups in total. The van der Waals surface area contributed by atoms with Crippen molar-refractivity contribution in [1.82, 2.24) is 4.98 Å². The summed E-state index contributed by atoms with van der Waals surface area (Å²) in [6.07, 6.45) is 3.80. The molecule has 0 unspecified atom stereocenters. The van der Waals surface area contributed by atoms with E-state index in [0.29, 0.717) is 6.29 Å². The van der Waals surface area contributed by atoms with Gasteiger partial charge in [0.2, 0.25) is 0 Å². The Balaban J connectivity index is 2.20. The van der Waals surface area contributed by atoms with E-state index < -0.39 is 4.92 Å². The molecule has 0 amide bonds. The standard InChI is InChI=1S/C13H10N2O4/c16-8-10-3-4-13(12(6-10)15(17)18)19-9-11-2-1-5-14-7-11/h1-8H,9H2. The molecule has 0 saturated heterocycles. The van der Waals surface area contributed by atoms with E-state index in [4.69, 9.17) is 4.74 Å². The molecule has 1 heterocycles. The number of carbonyl (C=O) groups is 1. The molecular weight excluding hydrogens is 248 g/mol. The molecule has 0 atom stereocenters. The number of ether oxygens (including phenoxy) is 1. The predicted octanol–water partition coefficient (Wildman–Crippen LogP) is 2.38. The topological polar surface area (TPSA) is 82.3 Å². The van der Waals surface area contributed by atoms with Crippen LogP contribution in [0.25, 0.3) is 0 Å². The van der Waals surface area contributed by atoms with Crippen LogP contribution in [0.1, 0.15) is 15.9 Å². The van der Waals surface area contributed by atoms with Crippen LogP contribution in [0.2, 0.25) is 0 Å². The normalized spacial score (nSPS) is 9.89. The van der Waals surface area contributed by atoms with Crippen molar-refractivity contribution in [3.63, 3.8) is 0 Å². The highest BCUT2D eigenvalue weighted by Gasteiger charge is 2.15. The zero-order chi connectivity index (χ0) is 13.7. The second kappa shape index (κ2) is 5.72. The molecule has 1 aromatic carbocycles. The lowest BCUT2D eigenvalue weighted by Crippen LogP contribution is -2.00. The predicted molar refractivity (Wildman–Crippen MR) is 67.1 cm³/mol. The number of rotatable bonds is 5. The first-order valence-electron chi connectivity index (χ1n) is 5.46. The summed E-state index contributed by atoms with van der Waals surface area (Å²) in [7, 11) is 0. The van der Waals surface area contributed by atoms with E-state index in [2.05, 4.69) is 4.98 Å². The molecule has 1 aromatic heterocycles. The zero-order valence-electron chi connectivity index (χ0n) is 9.85. The van der Waals surface area contributed by atoms with Gasteiger partial charge >= 0.3 is 5.69 Å². The molecule has 6 heteroatoms. The van der Waals surface area contributed by atoms with Crippen LogP contribution in [-0.4, -0.2) is 16.2 Å². The maximum absolute atomic E-state index is 10.9. The molecule has 0 spiro atoms. The van der Waals surface area contributed by atoms with Crippen molar-refractivity contribution in [1.29, 1.82) is 0 Å². The largest absolute Gasteiger partial charge is 0.482 e. The molecule has 0 aliphatic carbocycles. The number of nitro benzene ring substituents is 1. The smallest absolute Gasteiger partial charge is 0.311 e. The van der Waals surface area contributed by atoms with Gasteiger partial charge in [0.05, 0.1) is 4.92 Å². The number of carbonyl (C=O) groups excluding carboxylic acids is 1. The number of benzene rings is 1. The Morgan fingerprint density at radius 3 is 2.84 bits per heavy atom. The molecule has 96 valence electrons. The molecule has 19 heavy (non-hydrogen) atoms. The van der Waals surface area contributed by atoms with Crippen molar-refractivity contribution >= 4 is 12.0 Å². The van der Waals surface area contributed by atoms with Gasteiger partial charge in [-0.25, -0.2) is 0 Å². The monoisotopic (exact) mass is 258 g/mol. The fourth-order valence-electron chi connectivity index (χ4n) is 1.52. The number of aldehydes is 1. The summed E-state index contributed by atoms with van der Waals surface area (Å²) in [6, 6.07) is 7.63. The fourth-order valence-corrected chi connectivity index (χ4v) is 1.52. The van der Waals surface area contributed by atoms with Gasteiger partial charge in [0.1, 0.15) is 12.9 Å². The van der Waals surface area contributed by atoms with Gasteiger partial charge in [-0.05, 0) is 18.2 Å². The summed E-state index contributed by atoms with van der Waals surface area (Å²) in [4.78, 5) is 24.8. The van der Waals surface area contributed by atoms with Gasteiger partial charge in [0.25, 0.3) is 0 Å². The Kier molecular flexibility index (Phi) is 3.82. The summed E-state index contributed by atoms with van der Waals surface area (Å²) in [5.74, 6) is 0.124. The lowest BCUT2D eigenvalue weighted by Gasteiger charge is -2.06. The van der Waals surface area contributed by atoms with E-state index >= 15 is 0 Å². The summed E-state index contributed by atoms with van der Waals surface area (Å²) >= 11 is 0. The minimum Gasteiger partial charge on any atom is -0.482 e. The minimum absolute atomic E-state index is 0.124. The number of pyridine rings is 1. The van der Waals surface area contributed by atoms with Crippen LogP contribution in [0, 0.1) is 10.1 Å². The molecule has 0 bridgehead atoms. The highest BCUT2D eigenvalue weighted by molar-refractivity contribution is 5.77. The van der Waals surface area contributed by atoms with E-state index in [9.17, 15) is 14.9 Å². The second-order valence-electron chi connectivity index (χ2n) is 3.75. The van der Waals surface area contributed by atoms with Gasteiger partial charge in [-0.15, -0.1) is 0 Å². The summed E-state index contributed by atoms with van der Waals surface area (Å²) < 4.78 is 5.39. The molecule has 0 fully saturated rings. The molecule has 0 saturated carbocycles. The first kappa shape index (κ1) is 12.7. The Hall–Kier alpha value is -2.76. The lowest BCUT2D eigenvalue weighted by molar-refractivity contribution is -0.386. The van der Waals surface area contributed by atoms with Crippen LogP contribution in [0.4, 0.5) is 5.69 Å². The lowest BCUT2D eigenvalue weighted by atomic mass is 10.2. The average molecular weight is 258 g/mol. The quantitative estimate of drug-likeness (QED) is 0.467. The van der Waals surface area contributed by atoms with Crippen molar-refractivity contribution in [2.24, 2.45) is 0 Å². The van der Waals surface area contributed by atoms with E-state index in [1.54, 1.807) is 24.5 Å². The minimum atomic E-state index is -0.578. The van der Waals surface area contributed by atoms with Gasteiger partial charge in [0, 0.05) is 29.6 Å². The van der Waals surface area contributed by atoms with Crippen LogP contribution >= 0.6 is 0 Å². The molecule has 6 nitrogen and oxygen atoms in total. The summed E-state index contributed by atoms with van der Waals surface area (Å²) in [6.45, 7) is 0.176. The van der Waals surface area contributed by atoms with Crippen molar-refractivity contribution in [2.45, 2.75) is 6.61 Å². The third kappa shape index (κ3) is 3.12. The molecule has 0 aliphatic rings. The third-order valence-electron chi connectivity index (χ3n) is 2.43. The van der Waals surface area contributed by atoms with E-state index in [0.717, 1.165) is 5.56 Å². The first-order chi connectivity index (χ1) is 9.20. The number of nitrogens with zero attached hydrogens (tertiary/aromatic N) is 2. The van der Waals surface area contributed by atoms with Crippen LogP contribution in [0.3, 0.4) is 0 Å². The van der Waals surface area contributed by atoms with Crippen molar-refractivity contribution < 1.29 is 14.5 Å². The van der Waals surface area contributed by atoms with E-state index in [1.165, 1.54) is 18.2 Å². The molecular formula is C13H10N2O4. The Morgan fingerprint density at radius 1 is 1.37 bits per heavy atom. The molecule has 2 aromatic rings. The van der Waals surface area contributed by atoms with Crippen LogP contribution in [0.5, 0.6) is 5.75 Å². The van der Waals surface area contributed by atoms with E-state index in [1.807, 2.05) is 0 Å². The van der Waals surface area contributed by atoms with Gasteiger partial charge < -0.3 is 4.74 Å². The van der Waals surface area contributed by atoms with Gasteiger partial charge in [-0.1, -0.05) is 6.07 Å². The first-order valence-corrected chi connectivity index (χ1v) is 5.46. The SMILES string of the molecule is O=Cc1ccc(OCc2cccnc2)c([N+](=O)[O-])c1. The maximum atomic E-state index is 10.9. The van der Waals surface area contributed by atoms with Crippen molar-refractivity contribution in [3.05, 3.63) is 64.0 Å². The molecule has 0 aliphatic heterocycles. The second-order valence-corrected chi connectivity index (χ2v) is 3.75. The number of nitro groups is 1. The summed E-state index contributed by atoms with van der Waals surface area (Å²) in [5.41, 5.74) is 0.810. The highest BCUT2D eigenvalue weighted by Crippen LogP contribution is 2.28. The van der Waals surface area contributed by atoms with Crippen molar-refractivity contribution in [3.8, 4) is 5.75 Å². The third-order valence-corrected chi connectivity index (χ3v) is 2.43. The Bertz CT molecular complexity index is 599. The Morgan fingerprint density at radius 2 is 2.21 bits per heavy atom. The van der Waals surface area contributed by atoms with E-state index in [-0.39, 0.29) is 23.6 Å². The number of aromatic nitrogens is 1. The van der Waals surface area contributed by atoms with Gasteiger partial charge in [-0.2, -0.15) is 0 Å². The summed E-state index contributed by atoms with van der Waals surface area (Å²) in [5, 5.41) is 10.9. The van der Waals surface area contributed by atoms with Gasteiger partial charge in [0.15, 0.2) is 5.75 Å². The fraction of sp³-hybridized carbons (Fsp3) is 0.0769. The molecule has 2 rings (SSSR count). The Labute approximate surface area is 108 Å². The van der Waals surface area contributed by atoms with Gasteiger partial charge in [-0.3, -0.25) is 19.9 Å².